The van der Waals surface area contributed by atoms with E-state index in [-0.39, 0.29) is 0 Å². The first kappa shape index (κ1) is 8.27. The van der Waals surface area contributed by atoms with E-state index in [2.05, 4.69) is 30.6 Å². The Morgan fingerprint density at radius 3 is 3.17 bits per heavy atom. The second kappa shape index (κ2) is 2.86. The highest BCUT2D eigenvalue weighted by atomic mass is 32.1. The van der Waals surface area contributed by atoms with Crippen LogP contribution in [0.3, 0.4) is 0 Å². The average molecular weight is 181 g/mol. The number of hydrogen-bond acceptors (Lipinski definition) is 2. The maximum Gasteiger partial charge on any atom is 0.00957 e. The van der Waals surface area contributed by atoms with Crippen LogP contribution in [0.1, 0.15) is 24.3 Å². The van der Waals surface area contributed by atoms with Gasteiger partial charge in [-0.1, -0.05) is 13.8 Å². The first-order valence-corrected chi connectivity index (χ1v) is 5.36. The van der Waals surface area contributed by atoms with Crippen LogP contribution < -0.4 is 5.32 Å². The fourth-order valence-electron chi connectivity index (χ4n) is 1.84. The molecule has 1 aromatic heterocycles. The van der Waals surface area contributed by atoms with E-state index in [1.54, 1.807) is 10.4 Å². The van der Waals surface area contributed by atoms with Crippen molar-refractivity contribution >= 4 is 11.3 Å². The Bertz CT molecular complexity index is 275. The molecule has 0 bridgehead atoms. The second-order valence-corrected chi connectivity index (χ2v) is 5.07. The van der Waals surface area contributed by atoms with Crippen molar-refractivity contribution in [3.05, 3.63) is 21.9 Å². The number of rotatable bonds is 0. The van der Waals surface area contributed by atoms with Gasteiger partial charge in [0.15, 0.2) is 0 Å². The molecule has 1 aromatic rings. The molecule has 1 aliphatic rings. The van der Waals surface area contributed by atoms with Crippen LogP contribution in [0.5, 0.6) is 0 Å². The number of fused-ring (bicyclic) bond motifs is 1. The quantitative estimate of drug-likeness (QED) is 0.647. The first-order chi connectivity index (χ1) is 5.70. The smallest absolute Gasteiger partial charge is 0.00957 e. The molecule has 1 nitrogen and oxygen atoms in total. The van der Waals surface area contributed by atoms with Crippen LogP contribution >= 0.6 is 11.3 Å². The Labute approximate surface area is 77.8 Å². The van der Waals surface area contributed by atoms with Gasteiger partial charge in [-0.3, -0.25) is 0 Å². The fraction of sp³-hybridized carbons (Fsp3) is 0.600. The van der Waals surface area contributed by atoms with Crippen molar-refractivity contribution in [3.8, 4) is 0 Å². The summed E-state index contributed by atoms with van der Waals surface area (Å²) in [5, 5.41) is 5.70. The maximum atomic E-state index is 3.48. The summed E-state index contributed by atoms with van der Waals surface area (Å²) in [7, 11) is 0. The van der Waals surface area contributed by atoms with Gasteiger partial charge in [-0.15, -0.1) is 11.3 Å². The molecule has 2 heterocycles. The van der Waals surface area contributed by atoms with E-state index in [1.165, 1.54) is 6.42 Å². The maximum absolute atomic E-state index is 3.48. The molecule has 0 spiro atoms. The van der Waals surface area contributed by atoms with Gasteiger partial charge in [0, 0.05) is 16.8 Å². The van der Waals surface area contributed by atoms with E-state index < -0.39 is 0 Å². The molecule has 0 radical (unpaired) electrons. The van der Waals surface area contributed by atoms with E-state index in [1.807, 2.05) is 11.3 Å². The summed E-state index contributed by atoms with van der Waals surface area (Å²) >= 11 is 1.90. The van der Waals surface area contributed by atoms with Crippen molar-refractivity contribution in [1.29, 1.82) is 0 Å². The van der Waals surface area contributed by atoms with Gasteiger partial charge in [0.25, 0.3) is 0 Å². The highest BCUT2D eigenvalue weighted by molar-refractivity contribution is 7.10. The Hall–Kier alpha value is -0.340. The van der Waals surface area contributed by atoms with Gasteiger partial charge in [-0.05, 0) is 30.0 Å². The fourth-order valence-corrected chi connectivity index (χ4v) is 2.89. The van der Waals surface area contributed by atoms with E-state index in [9.17, 15) is 0 Å². The van der Waals surface area contributed by atoms with Crippen LogP contribution in [0, 0.1) is 0 Å². The van der Waals surface area contributed by atoms with Crippen molar-refractivity contribution in [2.45, 2.75) is 25.7 Å². The third-order valence-corrected chi connectivity index (χ3v) is 3.55. The third kappa shape index (κ3) is 1.29. The summed E-state index contributed by atoms with van der Waals surface area (Å²) in [6.45, 7) is 6.88. The molecule has 0 fully saturated rings. The molecule has 0 saturated carbocycles. The SMILES string of the molecule is CC1(C)CNCCc2sccc21. The topological polar surface area (TPSA) is 12.0 Å². The Kier molecular flexibility index (Phi) is 1.97. The highest BCUT2D eigenvalue weighted by Crippen LogP contribution is 2.31. The summed E-state index contributed by atoms with van der Waals surface area (Å²) < 4.78 is 0. The number of thiophene rings is 1. The van der Waals surface area contributed by atoms with Crippen molar-refractivity contribution in [3.63, 3.8) is 0 Å². The van der Waals surface area contributed by atoms with Crippen LogP contribution in [-0.4, -0.2) is 13.1 Å². The lowest BCUT2D eigenvalue weighted by Crippen LogP contribution is -2.30. The average Bonchev–Trinajstić information content (AvgIpc) is 2.42. The zero-order valence-corrected chi connectivity index (χ0v) is 8.50. The van der Waals surface area contributed by atoms with Crippen molar-refractivity contribution in [1.82, 2.24) is 5.32 Å². The molecular formula is C10H15NS. The molecule has 12 heavy (non-hydrogen) atoms. The lowest BCUT2D eigenvalue weighted by Gasteiger charge is -2.22. The predicted molar refractivity (Wildman–Crippen MR) is 53.9 cm³/mol. The van der Waals surface area contributed by atoms with E-state index >= 15 is 0 Å². The molecule has 0 saturated heterocycles. The summed E-state index contributed by atoms with van der Waals surface area (Å²) in [4.78, 5) is 1.57. The van der Waals surface area contributed by atoms with Crippen LogP contribution in [0.15, 0.2) is 11.4 Å². The monoisotopic (exact) mass is 181 g/mol. The van der Waals surface area contributed by atoms with Crippen LogP contribution in [0.4, 0.5) is 0 Å². The van der Waals surface area contributed by atoms with Gasteiger partial charge in [-0.2, -0.15) is 0 Å². The van der Waals surface area contributed by atoms with Gasteiger partial charge in [0.2, 0.25) is 0 Å². The minimum absolute atomic E-state index is 0.325. The highest BCUT2D eigenvalue weighted by Gasteiger charge is 2.25. The second-order valence-electron chi connectivity index (χ2n) is 4.07. The molecular weight excluding hydrogens is 166 g/mol. The molecule has 2 heteroatoms. The minimum atomic E-state index is 0.325. The van der Waals surface area contributed by atoms with E-state index in [0.717, 1.165) is 13.1 Å². The summed E-state index contributed by atoms with van der Waals surface area (Å²) in [5.74, 6) is 0. The molecule has 0 atom stereocenters. The third-order valence-electron chi connectivity index (χ3n) is 2.57. The Morgan fingerprint density at radius 1 is 1.50 bits per heavy atom. The minimum Gasteiger partial charge on any atom is -0.316 e. The van der Waals surface area contributed by atoms with E-state index in [0.29, 0.717) is 5.41 Å². The van der Waals surface area contributed by atoms with Crippen LogP contribution in [-0.2, 0) is 11.8 Å². The molecule has 2 rings (SSSR count). The van der Waals surface area contributed by atoms with Crippen LogP contribution in [0.2, 0.25) is 0 Å². The number of nitrogens with one attached hydrogen (secondary N) is 1. The largest absolute Gasteiger partial charge is 0.316 e. The van der Waals surface area contributed by atoms with E-state index in [4.69, 9.17) is 0 Å². The van der Waals surface area contributed by atoms with Gasteiger partial charge in [0.05, 0.1) is 0 Å². The van der Waals surface area contributed by atoms with Gasteiger partial charge >= 0.3 is 0 Å². The molecule has 0 unspecified atom stereocenters. The summed E-state index contributed by atoms with van der Waals surface area (Å²) in [5.41, 5.74) is 1.88. The normalized spacial score (nSPS) is 21.5. The molecule has 1 aliphatic heterocycles. The van der Waals surface area contributed by atoms with Gasteiger partial charge in [-0.25, -0.2) is 0 Å². The van der Waals surface area contributed by atoms with Gasteiger partial charge < -0.3 is 5.32 Å². The lowest BCUT2D eigenvalue weighted by atomic mass is 9.85. The van der Waals surface area contributed by atoms with Crippen LogP contribution in [0.25, 0.3) is 0 Å². The molecule has 0 aliphatic carbocycles. The Morgan fingerprint density at radius 2 is 2.33 bits per heavy atom. The molecule has 0 amide bonds. The lowest BCUT2D eigenvalue weighted by molar-refractivity contribution is 0.489. The summed E-state index contributed by atoms with van der Waals surface area (Å²) in [6, 6.07) is 2.28. The van der Waals surface area contributed by atoms with Crippen molar-refractivity contribution < 1.29 is 0 Å². The van der Waals surface area contributed by atoms with Gasteiger partial charge in [0.1, 0.15) is 0 Å². The van der Waals surface area contributed by atoms with Crippen molar-refractivity contribution in [2.24, 2.45) is 0 Å². The molecule has 0 aromatic carbocycles. The zero-order chi connectivity index (χ0) is 8.60. The molecule has 66 valence electrons. The number of hydrogen-bond donors (Lipinski definition) is 1. The Balaban J connectivity index is 2.43. The predicted octanol–water partition coefficient (Wildman–Crippen LogP) is 2.17. The standard InChI is InChI=1S/C10H15NS/c1-10(2)7-11-5-3-9-8(10)4-6-12-9/h4,6,11H,3,5,7H2,1-2H3. The molecule has 1 N–H and O–H groups in total. The van der Waals surface area contributed by atoms with Crippen molar-refractivity contribution in [2.75, 3.05) is 13.1 Å². The summed E-state index contributed by atoms with van der Waals surface area (Å²) in [6.07, 6.45) is 1.20. The first-order valence-electron chi connectivity index (χ1n) is 4.48. The zero-order valence-electron chi connectivity index (χ0n) is 7.68.